The van der Waals surface area contributed by atoms with Crippen molar-refractivity contribution in [2.75, 3.05) is 6.54 Å². The molecule has 0 spiro atoms. The molecule has 2 aromatic carbocycles. The highest BCUT2D eigenvalue weighted by Crippen LogP contribution is 2.34. The molecule has 0 bridgehead atoms. The standard InChI is InChI=1S/C23H21FN4O/c1-13-5-3-6-18-21(13)27-22(26-18)20-7-4-10-28(20)23(29)17-11-14(2)25-19-12-15(24)8-9-16(17)19/h3,5-6,8-9,11-12,20H,4,7,10H2,1-2H3,(H,26,27)/t20-/m1/s1. The first-order chi connectivity index (χ1) is 14.0. The van der Waals surface area contributed by atoms with Crippen LogP contribution in [0.5, 0.6) is 0 Å². The van der Waals surface area contributed by atoms with Gasteiger partial charge in [-0.3, -0.25) is 9.78 Å². The number of hydrogen-bond acceptors (Lipinski definition) is 3. The van der Waals surface area contributed by atoms with E-state index in [0.717, 1.165) is 35.3 Å². The molecule has 3 heterocycles. The van der Waals surface area contributed by atoms with Gasteiger partial charge in [-0.1, -0.05) is 12.1 Å². The second kappa shape index (κ2) is 6.65. The van der Waals surface area contributed by atoms with Crippen molar-refractivity contribution in [1.29, 1.82) is 0 Å². The van der Waals surface area contributed by atoms with E-state index in [9.17, 15) is 9.18 Å². The van der Waals surface area contributed by atoms with Crippen molar-refractivity contribution in [2.45, 2.75) is 32.7 Å². The van der Waals surface area contributed by atoms with Crippen LogP contribution >= 0.6 is 0 Å². The molecule has 5 nitrogen and oxygen atoms in total. The van der Waals surface area contributed by atoms with Crippen LogP contribution in [0, 0.1) is 19.7 Å². The second-order valence-electron chi connectivity index (χ2n) is 7.72. The van der Waals surface area contributed by atoms with Gasteiger partial charge in [0.1, 0.15) is 11.6 Å². The van der Waals surface area contributed by atoms with Crippen molar-refractivity contribution in [2.24, 2.45) is 0 Å². The predicted molar refractivity (Wildman–Crippen MR) is 110 cm³/mol. The van der Waals surface area contributed by atoms with Crippen LogP contribution in [0.1, 0.15) is 46.3 Å². The van der Waals surface area contributed by atoms with Crippen LogP contribution in [-0.2, 0) is 0 Å². The van der Waals surface area contributed by atoms with Crippen molar-refractivity contribution in [3.63, 3.8) is 0 Å². The van der Waals surface area contributed by atoms with Gasteiger partial charge in [0.2, 0.25) is 0 Å². The molecular weight excluding hydrogens is 367 g/mol. The van der Waals surface area contributed by atoms with Gasteiger partial charge in [-0.05, 0) is 56.5 Å². The number of imidazole rings is 1. The van der Waals surface area contributed by atoms with E-state index in [0.29, 0.717) is 28.7 Å². The molecule has 0 radical (unpaired) electrons. The fourth-order valence-electron chi connectivity index (χ4n) is 4.31. The Bertz CT molecular complexity index is 1260. The zero-order valence-corrected chi connectivity index (χ0v) is 16.4. The van der Waals surface area contributed by atoms with E-state index >= 15 is 0 Å². The summed E-state index contributed by atoms with van der Waals surface area (Å²) in [6, 6.07) is 12.1. The molecule has 0 aliphatic carbocycles. The number of carbonyl (C=O) groups is 1. The Labute approximate surface area is 167 Å². The third-order valence-electron chi connectivity index (χ3n) is 5.69. The molecule has 29 heavy (non-hydrogen) atoms. The first kappa shape index (κ1) is 17.8. The minimum Gasteiger partial charge on any atom is -0.340 e. The molecule has 0 saturated carbocycles. The number of amides is 1. The summed E-state index contributed by atoms with van der Waals surface area (Å²) in [5.74, 6) is 0.402. The van der Waals surface area contributed by atoms with E-state index in [1.165, 1.54) is 12.1 Å². The summed E-state index contributed by atoms with van der Waals surface area (Å²) in [4.78, 5) is 28.0. The lowest BCUT2D eigenvalue weighted by atomic mass is 10.1. The van der Waals surface area contributed by atoms with E-state index < -0.39 is 0 Å². The number of likely N-dealkylation sites (tertiary alicyclic amines) is 1. The van der Waals surface area contributed by atoms with Gasteiger partial charge < -0.3 is 9.88 Å². The Kier molecular flexibility index (Phi) is 4.08. The Hall–Kier alpha value is -3.28. The number of pyridine rings is 1. The zero-order valence-electron chi connectivity index (χ0n) is 16.4. The minimum absolute atomic E-state index is 0.0632. The van der Waals surface area contributed by atoms with Crippen LogP contribution in [0.3, 0.4) is 0 Å². The number of fused-ring (bicyclic) bond motifs is 2. The molecular formula is C23H21FN4O. The second-order valence-corrected chi connectivity index (χ2v) is 7.72. The van der Waals surface area contributed by atoms with E-state index in [2.05, 4.69) is 9.97 Å². The molecule has 1 atom stereocenters. The smallest absolute Gasteiger partial charge is 0.255 e. The number of carbonyl (C=O) groups excluding carboxylic acids is 1. The third-order valence-corrected chi connectivity index (χ3v) is 5.69. The van der Waals surface area contributed by atoms with Gasteiger partial charge in [0, 0.05) is 23.7 Å². The largest absolute Gasteiger partial charge is 0.340 e. The van der Waals surface area contributed by atoms with E-state index in [1.807, 2.05) is 36.9 Å². The number of hydrogen-bond donors (Lipinski definition) is 1. The van der Waals surface area contributed by atoms with Gasteiger partial charge in [-0.2, -0.15) is 0 Å². The highest BCUT2D eigenvalue weighted by atomic mass is 19.1. The molecule has 6 heteroatoms. The molecule has 0 unspecified atom stereocenters. The SMILES string of the molecule is Cc1cc(C(=O)N2CCC[C@@H]2c2nc3c(C)cccc3[nH]2)c2ccc(F)cc2n1. The number of aromatic nitrogens is 3. The number of halogens is 1. The third kappa shape index (κ3) is 2.95. The summed E-state index contributed by atoms with van der Waals surface area (Å²) in [6.45, 7) is 4.53. The molecule has 1 saturated heterocycles. The number of nitrogens with one attached hydrogen (secondary N) is 1. The monoisotopic (exact) mass is 388 g/mol. The van der Waals surface area contributed by atoms with Crippen LogP contribution < -0.4 is 0 Å². The Morgan fingerprint density at radius 3 is 2.86 bits per heavy atom. The van der Waals surface area contributed by atoms with Gasteiger partial charge in [-0.15, -0.1) is 0 Å². The number of aromatic amines is 1. The number of rotatable bonds is 2. The van der Waals surface area contributed by atoms with Crippen molar-refractivity contribution in [3.8, 4) is 0 Å². The maximum atomic E-state index is 13.7. The molecule has 2 aromatic heterocycles. The Morgan fingerprint density at radius 1 is 1.17 bits per heavy atom. The molecule has 1 fully saturated rings. The normalized spacial score (nSPS) is 16.8. The van der Waals surface area contributed by atoms with Crippen LogP contribution in [0.4, 0.5) is 4.39 Å². The first-order valence-corrected chi connectivity index (χ1v) is 9.84. The molecule has 1 N–H and O–H groups in total. The quantitative estimate of drug-likeness (QED) is 0.534. The highest BCUT2D eigenvalue weighted by Gasteiger charge is 2.33. The van der Waals surface area contributed by atoms with Crippen molar-refractivity contribution in [3.05, 3.63) is 70.9 Å². The van der Waals surface area contributed by atoms with Gasteiger partial charge >= 0.3 is 0 Å². The van der Waals surface area contributed by atoms with Gasteiger partial charge in [0.05, 0.1) is 28.2 Å². The fourth-order valence-corrected chi connectivity index (χ4v) is 4.31. The first-order valence-electron chi connectivity index (χ1n) is 9.84. The van der Waals surface area contributed by atoms with Crippen LogP contribution in [0.25, 0.3) is 21.9 Å². The lowest BCUT2D eigenvalue weighted by Gasteiger charge is -2.24. The molecule has 146 valence electrons. The molecule has 5 rings (SSSR count). The summed E-state index contributed by atoms with van der Waals surface area (Å²) in [6.07, 6.45) is 1.78. The number of para-hydroxylation sites is 1. The van der Waals surface area contributed by atoms with E-state index in [1.54, 1.807) is 12.1 Å². The number of benzene rings is 2. The number of aryl methyl sites for hydroxylation is 2. The number of H-pyrrole nitrogens is 1. The Morgan fingerprint density at radius 2 is 2.03 bits per heavy atom. The topological polar surface area (TPSA) is 61.9 Å². The van der Waals surface area contributed by atoms with Crippen molar-refractivity contribution < 1.29 is 9.18 Å². The zero-order chi connectivity index (χ0) is 20.1. The lowest BCUT2D eigenvalue weighted by Crippen LogP contribution is -2.31. The van der Waals surface area contributed by atoms with Crippen LogP contribution in [-0.4, -0.2) is 32.3 Å². The summed E-state index contributed by atoms with van der Waals surface area (Å²) < 4.78 is 13.7. The van der Waals surface area contributed by atoms with Crippen LogP contribution in [0.15, 0.2) is 42.5 Å². The van der Waals surface area contributed by atoms with Crippen molar-refractivity contribution in [1.82, 2.24) is 19.9 Å². The molecule has 1 aliphatic rings. The minimum atomic E-state index is -0.356. The van der Waals surface area contributed by atoms with Gasteiger partial charge in [0.15, 0.2) is 0 Å². The maximum absolute atomic E-state index is 13.7. The van der Waals surface area contributed by atoms with E-state index in [-0.39, 0.29) is 17.8 Å². The average molecular weight is 388 g/mol. The average Bonchev–Trinajstić information content (AvgIpc) is 3.34. The number of nitrogens with zero attached hydrogens (tertiary/aromatic N) is 3. The summed E-state index contributed by atoms with van der Waals surface area (Å²) in [7, 11) is 0. The Balaban J connectivity index is 1.57. The molecule has 4 aromatic rings. The predicted octanol–water partition coefficient (Wildman–Crippen LogP) is 4.84. The molecule has 1 amide bonds. The summed E-state index contributed by atoms with van der Waals surface area (Å²) in [5, 5.41) is 0.674. The molecule has 1 aliphatic heterocycles. The van der Waals surface area contributed by atoms with E-state index in [4.69, 9.17) is 4.98 Å². The summed E-state index contributed by atoms with van der Waals surface area (Å²) in [5.41, 5.74) is 4.80. The van der Waals surface area contributed by atoms with Crippen LogP contribution in [0.2, 0.25) is 0 Å². The summed E-state index contributed by atoms with van der Waals surface area (Å²) >= 11 is 0. The lowest BCUT2D eigenvalue weighted by molar-refractivity contribution is 0.0732. The highest BCUT2D eigenvalue weighted by molar-refractivity contribution is 6.06. The van der Waals surface area contributed by atoms with Gasteiger partial charge in [-0.25, -0.2) is 9.37 Å². The van der Waals surface area contributed by atoms with Gasteiger partial charge in [0.25, 0.3) is 5.91 Å². The fraction of sp³-hybridized carbons (Fsp3) is 0.261. The maximum Gasteiger partial charge on any atom is 0.255 e. The van der Waals surface area contributed by atoms with Crippen molar-refractivity contribution >= 4 is 27.8 Å².